The molecule has 1 saturated carbocycles. The standard InChI is InChI=1S/C18H22N2O2S/c21-23(22,16-11-5-2-6-12-16)20-18-14-8-7-13-17(18)19-15-9-3-1-4-10-15/h1-6,9-12,17-20H,7-8,13-14H2/t17-,18-/m1/s1. The average molecular weight is 330 g/mol. The summed E-state index contributed by atoms with van der Waals surface area (Å²) in [6, 6.07) is 18.6. The summed E-state index contributed by atoms with van der Waals surface area (Å²) < 4.78 is 28.0. The fraction of sp³-hybridized carbons (Fsp3) is 0.333. The molecule has 1 fully saturated rings. The summed E-state index contributed by atoms with van der Waals surface area (Å²) in [6.45, 7) is 0. The van der Waals surface area contributed by atoms with E-state index in [0.717, 1.165) is 31.4 Å². The van der Waals surface area contributed by atoms with Crippen LogP contribution in [-0.2, 0) is 10.0 Å². The quantitative estimate of drug-likeness (QED) is 0.883. The highest BCUT2D eigenvalue weighted by atomic mass is 32.2. The molecule has 2 aromatic rings. The van der Waals surface area contributed by atoms with Crippen LogP contribution in [0.1, 0.15) is 25.7 Å². The Bertz CT molecular complexity index is 717. The van der Waals surface area contributed by atoms with E-state index < -0.39 is 10.0 Å². The van der Waals surface area contributed by atoms with E-state index in [2.05, 4.69) is 10.0 Å². The van der Waals surface area contributed by atoms with Crippen LogP contribution in [0.2, 0.25) is 0 Å². The van der Waals surface area contributed by atoms with Crippen molar-refractivity contribution in [2.75, 3.05) is 5.32 Å². The number of hydrogen-bond donors (Lipinski definition) is 2. The zero-order valence-corrected chi connectivity index (χ0v) is 13.8. The summed E-state index contributed by atoms with van der Waals surface area (Å²) in [5.74, 6) is 0. The zero-order valence-electron chi connectivity index (χ0n) is 13.0. The molecule has 0 heterocycles. The highest BCUT2D eigenvalue weighted by Crippen LogP contribution is 2.24. The first-order valence-electron chi connectivity index (χ1n) is 8.04. The Balaban J connectivity index is 1.74. The largest absolute Gasteiger partial charge is 0.381 e. The van der Waals surface area contributed by atoms with Gasteiger partial charge in [-0.3, -0.25) is 0 Å². The third-order valence-corrected chi connectivity index (χ3v) is 5.76. The second-order valence-electron chi connectivity index (χ2n) is 5.94. The van der Waals surface area contributed by atoms with E-state index in [9.17, 15) is 8.42 Å². The van der Waals surface area contributed by atoms with Crippen molar-refractivity contribution in [3.63, 3.8) is 0 Å². The molecule has 0 unspecified atom stereocenters. The number of nitrogens with one attached hydrogen (secondary N) is 2. The van der Waals surface area contributed by atoms with Crippen LogP contribution in [0, 0.1) is 0 Å². The van der Waals surface area contributed by atoms with Gasteiger partial charge in [0.25, 0.3) is 0 Å². The monoisotopic (exact) mass is 330 g/mol. The summed E-state index contributed by atoms with van der Waals surface area (Å²) in [5, 5.41) is 3.48. The molecule has 2 aromatic carbocycles. The van der Waals surface area contributed by atoms with Crippen LogP contribution in [0.15, 0.2) is 65.6 Å². The predicted molar refractivity (Wildman–Crippen MR) is 92.9 cm³/mol. The molecular formula is C18H22N2O2S. The minimum atomic E-state index is -3.48. The third-order valence-electron chi connectivity index (χ3n) is 4.25. The van der Waals surface area contributed by atoms with Gasteiger partial charge in [-0.15, -0.1) is 0 Å². The summed E-state index contributed by atoms with van der Waals surface area (Å²) >= 11 is 0. The predicted octanol–water partition coefficient (Wildman–Crippen LogP) is 3.39. The normalized spacial score (nSPS) is 21.7. The van der Waals surface area contributed by atoms with Crippen molar-refractivity contribution >= 4 is 15.7 Å². The van der Waals surface area contributed by atoms with E-state index in [0.29, 0.717) is 4.90 Å². The number of rotatable bonds is 5. The molecule has 0 spiro atoms. The molecule has 1 aliphatic rings. The van der Waals surface area contributed by atoms with Crippen molar-refractivity contribution in [2.24, 2.45) is 0 Å². The Hall–Kier alpha value is -1.85. The molecule has 4 nitrogen and oxygen atoms in total. The van der Waals surface area contributed by atoms with Crippen molar-refractivity contribution in [3.8, 4) is 0 Å². The first-order chi connectivity index (χ1) is 11.1. The highest BCUT2D eigenvalue weighted by Gasteiger charge is 2.29. The molecule has 0 amide bonds. The van der Waals surface area contributed by atoms with Gasteiger partial charge in [0.2, 0.25) is 10.0 Å². The van der Waals surface area contributed by atoms with Gasteiger partial charge in [-0.25, -0.2) is 13.1 Å². The van der Waals surface area contributed by atoms with Crippen molar-refractivity contribution in [1.82, 2.24) is 4.72 Å². The van der Waals surface area contributed by atoms with Crippen LogP contribution in [0.5, 0.6) is 0 Å². The van der Waals surface area contributed by atoms with Gasteiger partial charge in [-0.1, -0.05) is 49.2 Å². The number of para-hydroxylation sites is 1. The molecule has 0 radical (unpaired) electrons. The van der Waals surface area contributed by atoms with Crippen LogP contribution >= 0.6 is 0 Å². The topological polar surface area (TPSA) is 58.2 Å². The maximum atomic E-state index is 12.6. The zero-order chi connectivity index (χ0) is 16.1. The van der Waals surface area contributed by atoms with Crippen LogP contribution < -0.4 is 10.0 Å². The number of sulfonamides is 1. The van der Waals surface area contributed by atoms with Gasteiger partial charge >= 0.3 is 0 Å². The fourth-order valence-electron chi connectivity index (χ4n) is 3.06. The maximum absolute atomic E-state index is 12.6. The van der Waals surface area contributed by atoms with Crippen molar-refractivity contribution in [2.45, 2.75) is 42.7 Å². The lowest BCUT2D eigenvalue weighted by atomic mass is 9.91. The molecule has 122 valence electrons. The smallest absolute Gasteiger partial charge is 0.240 e. The van der Waals surface area contributed by atoms with Crippen molar-refractivity contribution in [3.05, 3.63) is 60.7 Å². The molecule has 1 aliphatic carbocycles. The fourth-order valence-corrected chi connectivity index (χ4v) is 4.39. The highest BCUT2D eigenvalue weighted by molar-refractivity contribution is 7.89. The first-order valence-corrected chi connectivity index (χ1v) is 9.52. The van der Waals surface area contributed by atoms with Gasteiger partial charge in [-0.2, -0.15) is 0 Å². The Morgan fingerprint density at radius 2 is 1.35 bits per heavy atom. The lowest BCUT2D eigenvalue weighted by Crippen LogP contribution is -2.48. The number of benzene rings is 2. The van der Waals surface area contributed by atoms with Gasteiger partial charge in [0, 0.05) is 17.8 Å². The van der Waals surface area contributed by atoms with Crippen LogP contribution in [-0.4, -0.2) is 20.5 Å². The van der Waals surface area contributed by atoms with Gasteiger partial charge in [0.1, 0.15) is 0 Å². The third kappa shape index (κ3) is 4.12. The molecule has 3 rings (SSSR count). The second kappa shape index (κ2) is 7.15. The summed E-state index contributed by atoms with van der Waals surface area (Å²) in [5.41, 5.74) is 1.03. The lowest BCUT2D eigenvalue weighted by molar-refractivity contribution is 0.378. The SMILES string of the molecule is O=S(=O)(N[C@@H]1CCCC[C@H]1Nc1ccccc1)c1ccccc1. The minimum Gasteiger partial charge on any atom is -0.381 e. The lowest BCUT2D eigenvalue weighted by Gasteiger charge is -2.33. The van der Waals surface area contributed by atoms with Crippen LogP contribution in [0.3, 0.4) is 0 Å². The van der Waals surface area contributed by atoms with E-state index in [1.807, 2.05) is 36.4 Å². The number of hydrogen-bond acceptors (Lipinski definition) is 3. The van der Waals surface area contributed by atoms with Gasteiger partial charge in [0.05, 0.1) is 4.90 Å². The summed E-state index contributed by atoms with van der Waals surface area (Å²) in [4.78, 5) is 0.323. The molecule has 23 heavy (non-hydrogen) atoms. The molecule has 2 atom stereocenters. The Labute approximate surface area is 138 Å². The van der Waals surface area contributed by atoms with Gasteiger partial charge in [-0.05, 0) is 37.1 Å². The number of anilines is 1. The summed E-state index contributed by atoms with van der Waals surface area (Å²) in [7, 11) is -3.48. The van der Waals surface area contributed by atoms with Crippen LogP contribution in [0.25, 0.3) is 0 Å². The molecular weight excluding hydrogens is 308 g/mol. The van der Waals surface area contributed by atoms with E-state index in [1.165, 1.54) is 0 Å². The maximum Gasteiger partial charge on any atom is 0.240 e. The Kier molecular flexibility index (Phi) is 4.98. The van der Waals surface area contributed by atoms with E-state index in [4.69, 9.17) is 0 Å². The molecule has 0 aromatic heterocycles. The Morgan fingerprint density at radius 1 is 0.783 bits per heavy atom. The molecule has 0 saturated heterocycles. The van der Waals surface area contributed by atoms with Gasteiger partial charge < -0.3 is 5.32 Å². The van der Waals surface area contributed by atoms with Crippen molar-refractivity contribution < 1.29 is 8.42 Å². The second-order valence-corrected chi connectivity index (χ2v) is 7.66. The van der Waals surface area contributed by atoms with Crippen LogP contribution in [0.4, 0.5) is 5.69 Å². The molecule has 2 N–H and O–H groups in total. The molecule has 0 bridgehead atoms. The summed E-state index contributed by atoms with van der Waals surface area (Å²) in [6.07, 6.45) is 4.00. The van der Waals surface area contributed by atoms with Crippen molar-refractivity contribution in [1.29, 1.82) is 0 Å². The van der Waals surface area contributed by atoms with E-state index in [1.54, 1.807) is 24.3 Å². The van der Waals surface area contributed by atoms with E-state index in [-0.39, 0.29) is 12.1 Å². The Morgan fingerprint density at radius 3 is 2.00 bits per heavy atom. The first kappa shape index (κ1) is 16.0. The molecule has 5 heteroatoms. The minimum absolute atomic E-state index is 0.0887. The molecule has 0 aliphatic heterocycles. The average Bonchev–Trinajstić information content (AvgIpc) is 2.58. The van der Waals surface area contributed by atoms with E-state index >= 15 is 0 Å². The van der Waals surface area contributed by atoms with Gasteiger partial charge in [0.15, 0.2) is 0 Å².